The molecule has 0 aliphatic carbocycles. The van der Waals surface area contributed by atoms with Gasteiger partial charge >= 0.3 is 18.0 Å². The number of rotatable bonds is 8. The van der Waals surface area contributed by atoms with E-state index in [2.05, 4.69) is 0 Å². The van der Waals surface area contributed by atoms with Crippen LogP contribution in [-0.4, -0.2) is 55.3 Å². The molecule has 2 aromatic carbocycles. The van der Waals surface area contributed by atoms with Crippen LogP contribution in [-0.2, 0) is 32.1 Å². The van der Waals surface area contributed by atoms with Crippen LogP contribution in [0.3, 0.4) is 0 Å². The van der Waals surface area contributed by atoms with Crippen molar-refractivity contribution in [3.63, 3.8) is 0 Å². The number of carbonyl (C=O) groups excluding carboxylic acids is 3. The average Bonchev–Trinajstić information content (AvgIpc) is 2.77. The summed E-state index contributed by atoms with van der Waals surface area (Å²) in [5.74, 6) is -1.45. The van der Waals surface area contributed by atoms with Gasteiger partial charge in [-0.25, -0.2) is 14.4 Å². The maximum atomic E-state index is 12.8. The van der Waals surface area contributed by atoms with Gasteiger partial charge in [-0.3, -0.25) is 0 Å². The fraction of sp³-hybridized carbons (Fsp3) is 0.400. The quantitative estimate of drug-likeness (QED) is 0.460. The highest BCUT2D eigenvalue weighted by atomic mass is 16.6. The van der Waals surface area contributed by atoms with Gasteiger partial charge in [0.2, 0.25) is 5.54 Å². The molecule has 0 aliphatic heterocycles. The Morgan fingerprint density at radius 3 is 2.12 bits per heavy atom. The maximum Gasteiger partial charge on any atom is 0.414 e. The molecule has 1 unspecified atom stereocenters. The number of carbonyl (C=O) groups is 3. The van der Waals surface area contributed by atoms with Crippen molar-refractivity contribution in [3.05, 3.63) is 59.7 Å². The highest BCUT2D eigenvalue weighted by Gasteiger charge is 2.46. The number of hydrogen-bond acceptors (Lipinski definition) is 8. The summed E-state index contributed by atoms with van der Waals surface area (Å²) >= 11 is 0. The van der Waals surface area contributed by atoms with Gasteiger partial charge in [0.05, 0.1) is 7.11 Å². The number of methoxy groups -OCH3 is 1. The average molecular weight is 473 g/mol. The first-order valence-corrected chi connectivity index (χ1v) is 10.7. The van der Waals surface area contributed by atoms with Gasteiger partial charge in [-0.1, -0.05) is 36.4 Å². The van der Waals surface area contributed by atoms with Crippen LogP contribution in [0.1, 0.15) is 31.9 Å². The van der Waals surface area contributed by atoms with Gasteiger partial charge in [0.1, 0.15) is 12.2 Å². The van der Waals surface area contributed by atoms with Gasteiger partial charge in [-0.05, 0) is 44.0 Å². The van der Waals surface area contributed by atoms with E-state index >= 15 is 0 Å². The maximum absolute atomic E-state index is 12.8. The highest BCUT2D eigenvalue weighted by Crippen LogP contribution is 2.31. The lowest BCUT2D eigenvalue weighted by Crippen LogP contribution is -2.59. The van der Waals surface area contributed by atoms with Crippen molar-refractivity contribution in [2.75, 3.05) is 21.2 Å². The molecule has 34 heavy (non-hydrogen) atoms. The zero-order valence-corrected chi connectivity index (χ0v) is 20.4. The number of esters is 2. The standard InChI is InChI=1S/C25H32N2O7/c1-24(2,3)34-22(29)25(26,21(28)31-6)15-18-12-13-19(20(14-18)33-23(30)27(4)5)32-16-17-10-8-7-9-11-17/h7-14H,15-16,26H2,1-6H3. The van der Waals surface area contributed by atoms with Crippen molar-refractivity contribution in [1.82, 2.24) is 4.90 Å². The largest absolute Gasteiger partial charge is 0.485 e. The smallest absolute Gasteiger partial charge is 0.414 e. The molecule has 0 saturated carbocycles. The molecule has 9 nitrogen and oxygen atoms in total. The lowest BCUT2D eigenvalue weighted by atomic mass is 9.91. The Kier molecular flexibility index (Phi) is 8.64. The van der Waals surface area contributed by atoms with Crippen LogP contribution in [0.25, 0.3) is 0 Å². The minimum Gasteiger partial charge on any atom is -0.485 e. The molecule has 0 spiro atoms. The molecule has 0 radical (unpaired) electrons. The van der Waals surface area contributed by atoms with E-state index in [1.54, 1.807) is 47.0 Å². The Balaban J connectivity index is 2.38. The molecule has 2 aromatic rings. The molecule has 1 atom stereocenters. The van der Waals surface area contributed by atoms with E-state index in [1.807, 2.05) is 30.3 Å². The molecule has 1 amide bonds. The number of amides is 1. The van der Waals surface area contributed by atoms with E-state index in [4.69, 9.17) is 24.7 Å². The van der Waals surface area contributed by atoms with E-state index in [9.17, 15) is 14.4 Å². The third-order valence-electron chi connectivity index (χ3n) is 4.60. The minimum absolute atomic E-state index is 0.114. The van der Waals surface area contributed by atoms with E-state index < -0.39 is 29.2 Å². The number of hydrogen-bond donors (Lipinski definition) is 1. The molecule has 184 valence electrons. The van der Waals surface area contributed by atoms with E-state index in [-0.39, 0.29) is 18.8 Å². The molecule has 0 aromatic heterocycles. The van der Waals surface area contributed by atoms with Gasteiger partial charge < -0.3 is 29.6 Å². The Morgan fingerprint density at radius 2 is 1.56 bits per heavy atom. The van der Waals surface area contributed by atoms with Crippen LogP contribution in [0.5, 0.6) is 11.5 Å². The third-order valence-corrected chi connectivity index (χ3v) is 4.60. The van der Waals surface area contributed by atoms with E-state index in [0.29, 0.717) is 11.3 Å². The fourth-order valence-electron chi connectivity index (χ4n) is 2.88. The van der Waals surface area contributed by atoms with Crippen LogP contribution in [0.2, 0.25) is 0 Å². The van der Waals surface area contributed by atoms with Crippen LogP contribution in [0.15, 0.2) is 48.5 Å². The number of ether oxygens (including phenoxy) is 4. The normalized spacial score (nSPS) is 12.8. The van der Waals surface area contributed by atoms with Gasteiger partial charge in [-0.15, -0.1) is 0 Å². The topological polar surface area (TPSA) is 117 Å². The number of benzene rings is 2. The second-order valence-corrected chi connectivity index (χ2v) is 8.96. The summed E-state index contributed by atoms with van der Waals surface area (Å²) in [5.41, 5.74) is 4.61. The van der Waals surface area contributed by atoms with E-state index in [1.165, 1.54) is 11.0 Å². The summed E-state index contributed by atoms with van der Waals surface area (Å²) in [6, 6.07) is 14.2. The van der Waals surface area contributed by atoms with Gasteiger partial charge in [-0.2, -0.15) is 0 Å². The van der Waals surface area contributed by atoms with Gasteiger partial charge in [0.25, 0.3) is 0 Å². The van der Waals surface area contributed by atoms with Crippen molar-refractivity contribution < 1.29 is 33.3 Å². The summed E-state index contributed by atoms with van der Waals surface area (Å²) < 4.78 is 21.5. The first kappa shape index (κ1) is 26.7. The Labute approximate surface area is 199 Å². The number of nitrogens with zero attached hydrogens (tertiary/aromatic N) is 1. The summed E-state index contributed by atoms with van der Waals surface area (Å²) in [4.78, 5) is 38.8. The Hall–Kier alpha value is -3.59. The predicted octanol–water partition coefficient (Wildman–Crippen LogP) is 3.08. The van der Waals surface area contributed by atoms with Gasteiger partial charge in [0, 0.05) is 20.5 Å². The summed E-state index contributed by atoms with van der Waals surface area (Å²) in [7, 11) is 4.22. The molecular weight excluding hydrogens is 440 g/mol. The van der Waals surface area contributed by atoms with Crippen LogP contribution in [0, 0.1) is 0 Å². The van der Waals surface area contributed by atoms with Crippen LogP contribution in [0.4, 0.5) is 4.79 Å². The van der Waals surface area contributed by atoms with Crippen LogP contribution < -0.4 is 15.2 Å². The molecule has 0 bridgehead atoms. The Morgan fingerprint density at radius 1 is 0.912 bits per heavy atom. The van der Waals surface area contributed by atoms with Crippen molar-refractivity contribution in [3.8, 4) is 11.5 Å². The Bertz CT molecular complexity index is 1020. The predicted molar refractivity (Wildman–Crippen MR) is 125 cm³/mol. The monoisotopic (exact) mass is 472 g/mol. The van der Waals surface area contributed by atoms with Crippen molar-refractivity contribution in [1.29, 1.82) is 0 Å². The number of nitrogens with two attached hydrogens (primary N) is 1. The minimum atomic E-state index is -2.10. The first-order chi connectivity index (χ1) is 15.9. The SMILES string of the molecule is COC(=O)C(N)(Cc1ccc(OCc2ccccc2)c(OC(=O)N(C)C)c1)C(=O)OC(C)(C)C. The molecule has 0 heterocycles. The molecule has 0 fully saturated rings. The molecule has 0 saturated heterocycles. The van der Waals surface area contributed by atoms with Crippen LogP contribution >= 0.6 is 0 Å². The summed E-state index contributed by atoms with van der Waals surface area (Å²) in [5, 5.41) is 0. The fourth-order valence-corrected chi connectivity index (χ4v) is 2.88. The summed E-state index contributed by atoms with van der Waals surface area (Å²) in [6.45, 7) is 5.24. The zero-order valence-electron chi connectivity index (χ0n) is 20.4. The first-order valence-electron chi connectivity index (χ1n) is 10.7. The second kappa shape index (κ2) is 11.0. The van der Waals surface area contributed by atoms with Crippen molar-refractivity contribution in [2.45, 2.75) is 44.9 Å². The van der Waals surface area contributed by atoms with Crippen molar-refractivity contribution in [2.24, 2.45) is 5.73 Å². The second-order valence-electron chi connectivity index (χ2n) is 8.96. The van der Waals surface area contributed by atoms with Gasteiger partial charge in [0.15, 0.2) is 11.5 Å². The van der Waals surface area contributed by atoms with E-state index in [0.717, 1.165) is 12.7 Å². The molecule has 2 rings (SSSR count). The molecule has 2 N–H and O–H groups in total. The molecular formula is C25H32N2O7. The van der Waals surface area contributed by atoms with Crippen molar-refractivity contribution >= 4 is 18.0 Å². The lowest BCUT2D eigenvalue weighted by molar-refractivity contribution is -0.170. The zero-order chi connectivity index (χ0) is 25.5. The summed E-state index contributed by atoms with van der Waals surface area (Å²) in [6.07, 6.45) is -0.874. The third kappa shape index (κ3) is 7.21. The molecule has 9 heteroatoms. The highest BCUT2D eigenvalue weighted by molar-refractivity contribution is 6.05. The molecule has 0 aliphatic rings. The lowest BCUT2D eigenvalue weighted by Gasteiger charge is -2.29.